The highest BCUT2D eigenvalue weighted by Crippen LogP contribution is 2.20. The van der Waals surface area contributed by atoms with Crippen LogP contribution in [0.25, 0.3) is 0 Å². The molecule has 1 heterocycles. The van der Waals surface area contributed by atoms with Gasteiger partial charge in [-0.1, -0.05) is 12.1 Å². The summed E-state index contributed by atoms with van der Waals surface area (Å²) >= 11 is 1.70. The molecule has 0 radical (unpaired) electrons. The number of aryl methyl sites for hydroxylation is 1. The summed E-state index contributed by atoms with van der Waals surface area (Å²) in [5, 5.41) is 10.8. The molecule has 0 spiro atoms. The predicted octanol–water partition coefficient (Wildman–Crippen LogP) is 3.12. The van der Waals surface area contributed by atoms with E-state index in [1.165, 1.54) is 11.3 Å². The van der Waals surface area contributed by atoms with Crippen LogP contribution in [0, 0.1) is 6.92 Å². The number of nitrogens with two attached hydrogens (primary N) is 1. The molecule has 0 fully saturated rings. The van der Waals surface area contributed by atoms with Crippen molar-refractivity contribution in [1.82, 2.24) is 0 Å². The molecular formula is C12H15N3S. The van der Waals surface area contributed by atoms with Crippen molar-refractivity contribution in [2.45, 2.75) is 6.92 Å². The molecule has 2 aromatic rings. The van der Waals surface area contributed by atoms with Gasteiger partial charge in [-0.05, 0) is 30.0 Å². The highest BCUT2D eigenvalue weighted by Gasteiger charge is 1.98. The number of hydrogen-bond donors (Lipinski definition) is 3. The molecule has 0 aliphatic heterocycles. The number of para-hydroxylation sites is 2. The van der Waals surface area contributed by atoms with Gasteiger partial charge in [-0.25, -0.2) is 0 Å². The molecule has 0 aliphatic carbocycles. The summed E-state index contributed by atoms with van der Waals surface area (Å²) in [4.78, 5) is 0. The van der Waals surface area contributed by atoms with Crippen molar-refractivity contribution in [3.05, 3.63) is 40.6 Å². The maximum atomic E-state index is 5.82. The van der Waals surface area contributed by atoms with Crippen molar-refractivity contribution in [2.75, 3.05) is 23.0 Å². The van der Waals surface area contributed by atoms with Gasteiger partial charge < -0.3 is 16.4 Å². The quantitative estimate of drug-likeness (QED) is 0.562. The Kier molecular flexibility index (Phi) is 3.31. The van der Waals surface area contributed by atoms with E-state index in [-0.39, 0.29) is 0 Å². The third-order valence-electron chi connectivity index (χ3n) is 2.37. The van der Waals surface area contributed by atoms with Crippen molar-refractivity contribution in [3.63, 3.8) is 0 Å². The molecule has 1 aromatic heterocycles. The fourth-order valence-electron chi connectivity index (χ4n) is 1.43. The topological polar surface area (TPSA) is 50.1 Å². The van der Waals surface area contributed by atoms with Crippen molar-refractivity contribution >= 4 is 28.4 Å². The van der Waals surface area contributed by atoms with Gasteiger partial charge in [0, 0.05) is 11.1 Å². The van der Waals surface area contributed by atoms with Gasteiger partial charge in [-0.3, -0.25) is 0 Å². The van der Waals surface area contributed by atoms with Gasteiger partial charge in [0.2, 0.25) is 0 Å². The third kappa shape index (κ3) is 2.46. The van der Waals surface area contributed by atoms with E-state index in [4.69, 9.17) is 5.73 Å². The van der Waals surface area contributed by atoms with E-state index in [2.05, 4.69) is 28.3 Å². The van der Waals surface area contributed by atoms with Gasteiger partial charge in [0.1, 0.15) is 0 Å². The first-order valence-electron chi connectivity index (χ1n) is 5.12. The molecule has 16 heavy (non-hydrogen) atoms. The highest BCUT2D eigenvalue weighted by molar-refractivity contribution is 7.08. The van der Waals surface area contributed by atoms with Crippen molar-refractivity contribution in [1.29, 1.82) is 0 Å². The lowest BCUT2D eigenvalue weighted by atomic mass is 10.3. The Balaban J connectivity index is 1.89. The van der Waals surface area contributed by atoms with Crippen LogP contribution in [0.1, 0.15) is 5.56 Å². The van der Waals surface area contributed by atoms with Crippen LogP contribution >= 0.6 is 11.3 Å². The molecule has 4 N–H and O–H groups in total. The molecule has 0 unspecified atom stereocenters. The SMILES string of the molecule is Cc1cscc1NCNc1ccccc1N. The number of thiophene rings is 1. The summed E-state index contributed by atoms with van der Waals surface area (Å²) in [5.74, 6) is 0. The highest BCUT2D eigenvalue weighted by atomic mass is 32.1. The van der Waals surface area contributed by atoms with E-state index in [0.717, 1.165) is 11.4 Å². The zero-order valence-electron chi connectivity index (χ0n) is 9.16. The molecule has 0 saturated carbocycles. The van der Waals surface area contributed by atoms with Crippen LogP contribution in [0.4, 0.5) is 17.1 Å². The van der Waals surface area contributed by atoms with Crippen LogP contribution in [0.3, 0.4) is 0 Å². The molecule has 4 heteroatoms. The molecule has 3 nitrogen and oxygen atoms in total. The molecule has 0 bridgehead atoms. The zero-order valence-corrected chi connectivity index (χ0v) is 9.97. The van der Waals surface area contributed by atoms with Crippen LogP contribution < -0.4 is 16.4 Å². The van der Waals surface area contributed by atoms with E-state index in [9.17, 15) is 0 Å². The lowest BCUT2D eigenvalue weighted by Crippen LogP contribution is -2.12. The molecule has 0 saturated heterocycles. The monoisotopic (exact) mass is 233 g/mol. The minimum absolute atomic E-state index is 0.672. The second kappa shape index (κ2) is 4.90. The first-order valence-corrected chi connectivity index (χ1v) is 6.06. The molecule has 2 rings (SSSR count). The Labute approximate surface area is 99.3 Å². The average molecular weight is 233 g/mol. The largest absolute Gasteiger partial charge is 0.397 e. The normalized spacial score (nSPS) is 10.1. The summed E-state index contributed by atoms with van der Waals surface area (Å²) in [6.07, 6.45) is 0. The minimum Gasteiger partial charge on any atom is -0.397 e. The number of hydrogen-bond acceptors (Lipinski definition) is 4. The Morgan fingerprint density at radius 2 is 1.88 bits per heavy atom. The molecule has 1 aromatic carbocycles. The lowest BCUT2D eigenvalue weighted by Gasteiger charge is -2.10. The second-order valence-electron chi connectivity index (χ2n) is 3.59. The Bertz CT molecular complexity index is 465. The van der Waals surface area contributed by atoms with Crippen molar-refractivity contribution < 1.29 is 0 Å². The molecule has 84 valence electrons. The second-order valence-corrected chi connectivity index (χ2v) is 4.33. The van der Waals surface area contributed by atoms with E-state index in [1.807, 2.05) is 24.3 Å². The lowest BCUT2D eigenvalue weighted by molar-refractivity contribution is 1.21. The number of rotatable bonds is 4. The first-order chi connectivity index (χ1) is 7.77. The van der Waals surface area contributed by atoms with E-state index >= 15 is 0 Å². The van der Waals surface area contributed by atoms with Crippen LogP contribution in [-0.4, -0.2) is 6.67 Å². The molecule has 0 atom stereocenters. The van der Waals surface area contributed by atoms with Crippen LogP contribution in [-0.2, 0) is 0 Å². The smallest absolute Gasteiger partial charge is 0.0850 e. The van der Waals surface area contributed by atoms with Crippen molar-refractivity contribution in [2.24, 2.45) is 0 Å². The number of nitrogen functional groups attached to an aromatic ring is 1. The summed E-state index contributed by atoms with van der Waals surface area (Å²) in [7, 11) is 0. The zero-order chi connectivity index (χ0) is 11.4. The maximum absolute atomic E-state index is 5.82. The van der Waals surface area contributed by atoms with Gasteiger partial charge in [0.15, 0.2) is 0 Å². The van der Waals surface area contributed by atoms with Gasteiger partial charge >= 0.3 is 0 Å². The van der Waals surface area contributed by atoms with Gasteiger partial charge in [0.25, 0.3) is 0 Å². The van der Waals surface area contributed by atoms with Gasteiger partial charge in [-0.15, -0.1) is 11.3 Å². The summed E-state index contributed by atoms with van der Waals surface area (Å²) < 4.78 is 0. The molecular weight excluding hydrogens is 218 g/mol. The first kappa shape index (κ1) is 10.8. The van der Waals surface area contributed by atoms with E-state index in [0.29, 0.717) is 6.67 Å². The van der Waals surface area contributed by atoms with Crippen LogP contribution in [0.5, 0.6) is 0 Å². The fourth-order valence-corrected chi connectivity index (χ4v) is 2.24. The summed E-state index contributed by atoms with van der Waals surface area (Å²) in [6, 6.07) is 7.75. The maximum Gasteiger partial charge on any atom is 0.0850 e. The fraction of sp³-hybridized carbons (Fsp3) is 0.167. The van der Waals surface area contributed by atoms with Crippen molar-refractivity contribution in [3.8, 4) is 0 Å². The predicted molar refractivity (Wildman–Crippen MR) is 72.0 cm³/mol. The summed E-state index contributed by atoms with van der Waals surface area (Å²) in [5.41, 5.74) is 10.00. The van der Waals surface area contributed by atoms with E-state index < -0.39 is 0 Å². The Hall–Kier alpha value is -1.68. The number of benzene rings is 1. The standard InChI is InChI=1S/C12H15N3S/c1-9-6-16-7-12(9)15-8-14-11-5-3-2-4-10(11)13/h2-7,14-15H,8,13H2,1H3. The molecule has 0 amide bonds. The number of nitrogens with one attached hydrogen (secondary N) is 2. The van der Waals surface area contributed by atoms with Crippen LogP contribution in [0.2, 0.25) is 0 Å². The number of anilines is 3. The minimum atomic E-state index is 0.672. The Morgan fingerprint density at radius 1 is 1.12 bits per heavy atom. The van der Waals surface area contributed by atoms with Gasteiger partial charge in [-0.2, -0.15) is 0 Å². The summed E-state index contributed by atoms with van der Waals surface area (Å²) in [6.45, 7) is 2.77. The molecule has 0 aliphatic rings. The van der Waals surface area contributed by atoms with E-state index in [1.54, 1.807) is 11.3 Å². The third-order valence-corrected chi connectivity index (χ3v) is 3.24. The average Bonchev–Trinajstić information content (AvgIpc) is 2.67. The van der Waals surface area contributed by atoms with Crippen LogP contribution in [0.15, 0.2) is 35.0 Å². The Morgan fingerprint density at radius 3 is 2.56 bits per heavy atom. The van der Waals surface area contributed by atoms with Gasteiger partial charge in [0.05, 0.1) is 18.0 Å².